The van der Waals surface area contributed by atoms with Crippen molar-refractivity contribution in [3.63, 3.8) is 0 Å². The van der Waals surface area contributed by atoms with Crippen LogP contribution in [0, 0.1) is 4.64 Å². The number of H-pyrrole nitrogens is 1. The number of nitrogens with zero attached hydrogens (tertiary/aromatic N) is 2. The highest BCUT2D eigenvalue weighted by Gasteiger charge is 2.23. The van der Waals surface area contributed by atoms with E-state index >= 15 is 0 Å². The summed E-state index contributed by atoms with van der Waals surface area (Å²) in [5, 5.41) is 1.29. The Hall–Kier alpha value is -1.33. The first-order valence-electron chi connectivity index (χ1n) is 7.48. The molecule has 0 radical (unpaired) electrons. The lowest BCUT2D eigenvalue weighted by molar-refractivity contribution is 0.667. The fourth-order valence-corrected chi connectivity index (χ4v) is 4.75. The molecule has 3 nitrogen and oxygen atoms in total. The monoisotopic (exact) mass is 315 g/mol. The van der Waals surface area contributed by atoms with Gasteiger partial charge in [0, 0.05) is 11.1 Å². The van der Waals surface area contributed by atoms with Crippen LogP contribution in [-0.4, -0.2) is 15.0 Å². The molecular weight excluding hydrogens is 298 g/mol. The van der Waals surface area contributed by atoms with Gasteiger partial charge in [-0.2, -0.15) is 0 Å². The summed E-state index contributed by atoms with van der Waals surface area (Å²) in [6.45, 7) is 4.48. The van der Waals surface area contributed by atoms with E-state index in [2.05, 4.69) is 23.8 Å². The van der Waals surface area contributed by atoms with Crippen molar-refractivity contribution in [3.05, 3.63) is 27.8 Å². The largest absolute Gasteiger partial charge is 0.344 e. The van der Waals surface area contributed by atoms with Crippen LogP contribution in [0.2, 0.25) is 0 Å². The molecule has 0 unspecified atom stereocenters. The Labute approximate surface area is 132 Å². The van der Waals surface area contributed by atoms with Crippen molar-refractivity contribution in [2.24, 2.45) is 0 Å². The molecule has 0 saturated heterocycles. The number of aryl methyl sites for hydroxylation is 1. The highest BCUT2D eigenvalue weighted by Crippen LogP contribution is 2.40. The second kappa shape index (κ2) is 4.85. The molecule has 0 spiro atoms. The number of aromatic amines is 1. The zero-order valence-electron chi connectivity index (χ0n) is 12.2. The van der Waals surface area contributed by atoms with Crippen LogP contribution in [0.1, 0.15) is 49.4 Å². The molecule has 21 heavy (non-hydrogen) atoms. The fraction of sp³-hybridized carbons (Fsp3) is 0.438. The maximum atomic E-state index is 5.39. The lowest BCUT2D eigenvalue weighted by Gasteiger charge is -2.21. The summed E-state index contributed by atoms with van der Waals surface area (Å²) in [5.74, 6) is 0.469. The first-order chi connectivity index (χ1) is 10.2. The molecule has 0 amide bonds. The van der Waals surface area contributed by atoms with Crippen LogP contribution in [0.3, 0.4) is 0 Å². The zero-order valence-corrected chi connectivity index (χ0v) is 13.8. The second-order valence-corrected chi connectivity index (χ2v) is 7.40. The summed E-state index contributed by atoms with van der Waals surface area (Å²) in [5.41, 5.74) is 5.40. The van der Waals surface area contributed by atoms with E-state index in [1.165, 1.54) is 35.0 Å². The van der Waals surface area contributed by atoms with E-state index in [1.54, 1.807) is 17.7 Å². The first kappa shape index (κ1) is 13.3. The van der Waals surface area contributed by atoms with Gasteiger partial charge in [-0.1, -0.05) is 26.1 Å². The van der Waals surface area contributed by atoms with Crippen LogP contribution < -0.4 is 0 Å². The Balaban J connectivity index is 2.21. The van der Waals surface area contributed by atoms with Gasteiger partial charge >= 0.3 is 0 Å². The summed E-state index contributed by atoms with van der Waals surface area (Å²) < 4.78 is 1.76. The van der Waals surface area contributed by atoms with Crippen LogP contribution in [0.15, 0.2) is 6.33 Å². The zero-order chi connectivity index (χ0) is 14.6. The van der Waals surface area contributed by atoms with Crippen LogP contribution in [-0.2, 0) is 12.8 Å². The summed E-state index contributed by atoms with van der Waals surface area (Å²) in [4.78, 5) is 13.6. The Morgan fingerprint density at radius 1 is 1.24 bits per heavy atom. The Bertz CT molecular complexity index is 905. The molecular formula is C16H17N3S2. The molecule has 108 valence electrons. The van der Waals surface area contributed by atoms with E-state index in [4.69, 9.17) is 17.2 Å². The highest BCUT2D eigenvalue weighted by molar-refractivity contribution is 7.71. The Kier molecular flexibility index (Phi) is 3.08. The molecule has 0 bridgehead atoms. The number of fused-ring (bicyclic) bond motifs is 5. The molecule has 5 heteroatoms. The van der Waals surface area contributed by atoms with Gasteiger partial charge in [0.05, 0.1) is 16.5 Å². The predicted octanol–water partition coefficient (Wildman–Crippen LogP) is 4.90. The lowest BCUT2D eigenvalue weighted by Crippen LogP contribution is -2.10. The SMILES string of the molecule is CC(C)c1nc2sc3c(=S)nc[nH]c3c2c2c1CCCC2. The van der Waals surface area contributed by atoms with Crippen molar-refractivity contribution in [1.82, 2.24) is 15.0 Å². The van der Waals surface area contributed by atoms with E-state index in [0.29, 0.717) is 10.6 Å². The summed E-state index contributed by atoms with van der Waals surface area (Å²) in [7, 11) is 0. The smallest absolute Gasteiger partial charge is 0.147 e. The van der Waals surface area contributed by atoms with Crippen molar-refractivity contribution in [2.45, 2.75) is 45.4 Å². The second-order valence-electron chi connectivity index (χ2n) is 6.01. The molecule has 3 aromatic heterocycles. The number of nitrogens with one attached hydrogen (secondary N) is 1. The van der Waals surface area contributed by atoms with Crippen LogP contribution in [0.25, 0.3) is 20.4 Å². The Morgan fingerprint density at radius 2 is 2.00 bits per heavy atom. The predicted molar refractivity (Wildman–Crippen MR) is 90.8 cm³/mol. The van der Waals surface area contributed by atoms with Gasteiger partial charge in [0.25, 0.3) is 0 Å². The van der Waals surface area contributed by atoms with E-state index in [-0.39, 0.29) is 0 Å². The van der Waals surface area contributed by atoms with E-state index in [1.807, 2.05) is 0 Å². The molecule has 3 aromatic rings. The Morgan fingerprint density at radius 3 is 2.76 bits per heavy atom. The number of thiophene rings is 1. The van der Waals surface area contributed by atoms with Crippen molar-refractivity contribution in [2.75, 3.05) is 0 Å². The molecule has 3 heterocycles. The molecule has 1 N–H and O–H groups in total. The van der Waals surface area contributed by atoms with E-state index in [9.17, 15) is 0 Å². The normalized spacial score (nSPS) is 15.0. The number of hydrogen-bond acceptors (Lipinski definition) is 4. The van der Waals surface area contributed by atoms with Gasteiger partial charge < -0.3 is 4.98 Å². The average molecular weight is 315 g/mol. The van der Waals surface area contributed by atoms with E-state index in [0.717, 1.165) is 27.9 Å². The molecule has 0 atom stereocenters. The molecule has 0 aromatic carbocycles. The third-order valence-electron chi connectivity index (χ3n) is 4.32. The third kappa shape index (κ3) is 1.94. The molecule has 1 aliphatic rings. The van der Waals surface area contributed by atoms with Crippen LogP contribution >= 0.6 is 23.6 Å². The summed E-state index contributed by atoms with van der Waals surface area (Å²) >= 11 is 7.07. The van der Waals surface area contributed by atoms with Gasteiger partial charge in [-0.05, 0) is 42.7 Å². The first-order valence-corrected chi connectivity index (χ1v) is 8.71. The van der Waals surface area contributed by atoms with Crippen molar-refractivity contribution < 1.29 is 0 Å². The number of rotatable bonds is 1. The topological polar surface area (TPSA) is 41.6 Å². The highest BCUT2D eigenvalue weighted by atomic mass is 32.1. The van der Waals surface area contributed by atoms with Gasteiger partial charge in [-0.3, -0.25) is 0 Å². The maximum Gasteiger partial charge on any atom is 0.147 e. The molecule has 1 aliphatic carbocycles. The van der Waals surface area contributed by atoms with Gasteiger partial charge in [-0.15, -0.1) is 11.3 Å². The van der Waals surface area contributed by atoms with Gasteiger partial charge in [0.15, 0.2) is 0 Å². The van der Waals surface area contributed by atoms with Crippen molar-refractivity contribution in [3.8, 4) is 0 Å². The number of aromatic nitrogens is 3. The van der Waals surface area contributed by atoms with Gasteiger partial charge in [-0.25, -0.2) is 9.97 Å². The van der Waals surface area contributed by atoms with Crippen molar-refractivity contribution in [1.29, 1.82) is 0 Å². The number of hydrogen-bond donors (Lipinski definition) is 1. The maximum absolute atomic E-state index is 5.39. The summed E-state index contributed by atoms with van der Waals surface area (Å²) in [6.07, 6.45) is 6.58. The summed E-state index contributed by atoms with van der Waals surface area (Å²) in [6, 6.07) is 0. The van der Waals surface area contributed by atoms with Gasteiger partial charge in [0.1, 0.15) is 9.47 Å². The minimum Gasteiger partial charge on any atom is -0.344 e. The molecule has 0 aliphatic heterocycles. The lowest BCUT2D eigenvalue weighted by atomic mass is 9.86. The minimum atomic E-state index is 0.469. The number of pyridine rings is 1. The van der Waals surface area contributed by atoms with Crippen LogP contribution in [0.4, 0.5) is 0 Å². The standard InChI is InChI=1S/C16H17N3S2/c1-8(2)12-10-6-4-3-5-9(10)11-13-14(21-16(11)19-12)15(20)18-7-17-13/h7-8H,3-6H2,1-2H3,(H,17,18,20). The quantitative estimate of drug-likeness (QED) is 0.649. The van der Waals surface area contributed by atoms with Crippen molar-refractivity contribution >= 4 is 44.0 Å². The molecule has 4 rings (SSSR count). The molecule has 0 fully saturated rings. The third-order valence-corrected chi connectivity index (χ3v) is 5.85. The average Bonchev–Trinajstić information content (AvgIpc) is 2.86. The minimum absolute atomic E-state index is 0.469. The molecule has 0 saturated carbocycles. The van der Waals surface area contributed by atoms with E-state index < -0.39 is 0 Å². The van der Waals surface area contributed by atoms with Gasteiger partial charge in [0.2, 0.25) is 0 Å². The fourth-order valence-electron chi connectivity index (χ4n) is 3.40. The van der Waals surface area contributed by atoms with Crippen LogP contribution in [0.5, 0.6) is 0 Å².